The average Bonchev–Trinajstić information content (AvgIpc) is 3.10. The third-order valence-corrected chi connectivity index (χ3v) is 3.94. The largest absolute Gasteiger partial charge is 0.379 e. The minimum Gasteiger partial charge on any atom is -0.379 e. The van der Waals surface area contributed by atoms with E-state index in [9.17, 15) is 0 Å². The number of aliphatic imine (C=N–C) groups is 1. The Labute approximate surface area is 139 Å². The molecule has 0 bridgehead atoms. The molecule has 7 nitrogen and oxygen atoms in total. The van der Waals surface area contributed by atoms with Gasteiger partial charge in [-0.25, -0.2) is 0 Å². The second-order valence-electron chi connectivity index (χ2n) is 5.77. The summed E-state index contributed by atoms with van der Waals surface area (Å²) in [6.45, 7) is 11.5. The zero-order valence-corrected chi connectivity index (χ0v) is 14.4. The summed E-state index contributed by atoms with van der Waals surface area (Å²) in [5.74, 6) is 0.896. The van der Waals surface area contributed by atoms with Crippen molar-refractivity contribution in [2.45, 2.75) is 32.9 Å². The van der Waals surface area contributed by atoms with E-state index in [0.29, 0.717) is 6.04 Å². The van der Waals surface area contributed by atoms with Crippen molar-refractivity contribution in [3.05, 3.63) is 18.5 Å². The number of hydrogen-bond acceptors (Lipinski definition) is 4. The van der Waals surface area contributed by atoms with Crippen molar-refractivity contribution in [1.82, 2.24) is 25.3 Å². The maximum Gasteiger partial charge on any atom is 0.191 e. The number of guanidine groups is 1. The number of ether oxygens (including phenoxy) is 1. The molecule has 23 heavy (non-hydrogen) atoms. The van der Waals surface area contributed by atoms with Crippen molar-refractivity contribution in [3.8, 4) is 0 Å². The summed E-state index contributed by atoms with van der Waals surface area (Å²) in [7, 11) is 0. The highest BCUT2D eigenvalue weighted by Gasteiger charge is 2.16. The van der Waals surface area contributed by atoms with E-state index in [4.69, 9.17) is 9.73 Å². The molecule has 1 saturated heterocycles. The van der Waals surface area contributed by atoms with Gasteiger partial charge in [-0.15, -0.1) is 0 Å². The van der Waals surface area contributed by atoms with Crippen LogP contribution >= 0.6 is 0 Å². The lowest BCUT2D eigenvalue weighted by atomic mass is 10.2. The van der Waals surface area contributed by atoms with Crippen LogP contribution in [-0.2, 0) is 11.3 Å². The molecule has 0 aliphatic carbocycles. The summed E-state index contributed by atoms with van der Waals surface area (Å²) in [6.07, 6.45) is 4.82. The quantitative estimate of drug-likeness (QED) is 0.416. The normalized spacial score (nSPS) is 17.9. The molecular weight excluding hydrogens is 292 g/mol. The minimum absolute atomic E-state index is 0.443. The molecule has 1 fully saturated rings. The Morgan fingerprint density at radius 2 is 2.17 bits per heavy atom. The van der Waals surface area contributed by atoms with E-state index >= 15 is 0 Å². The fourth-order valence-corrected chi connectivity index (χ4v) is 2.58. The predicted octanol–water partition coefficient (Wildman–Crippen LogP) is 0.549. The Morgan fingerprint density at radius 1 is 1.35 bits per heavy atom. The van der Waals surface area contributed by atoms with E-state index in [0.717, 1.165) is 64.9 Å². The molecule has 130 valence electrons. The van der Waals surface area contributed by atoms with Gasteiger partial charge in [0.1, 0.15) is 0 Å². The van der Waals surface area contributed by atoms with E-state index in [1.807, 2.05) is 23.1 Å². The Morgan fingerprint density at radius 3 is 2.87 bits per heavy atom. The number of morpholine rings is 1. The first-order valence-electron chi connectivity index (χ1n) is 8.61. The molecular formula is C16H30N6O. The monoisotopic (exact) mass is 322 g/mol. The van der Waals surface area contributed by atoms with Gasteiger partial charge in [-0.2, -0.15) is 5.10 Å². The highest BCUT2D eigenvalue weighted by atomic mass is 16.5. The Balaban J connectivity index is 1.70. The fourth-order valence-electron chi connectivity index (χ4n) is 2.58. The Hall–Kier alpha value is -1.60. The van der Waals surface area contributed by atoms with Crippen LogP contribution < -0.4 is 10.6 Å². The van der Waals surface area contributed by atoms with Crippen molar-refractivity contribution in [2.24, 2.45) is 4.99 Å². The molecule has 1 unspecified atom stereocenters. The van der Waals surface area contributed by atoms with E-state index in [-0.39, 0.29) is 0 Å². The fraction of sp³-hybridized carbons (Fsp3) is 0.750. The lowest BCUT2D eigenvalue weighted by Gasteiger charge is -2.31. The highest BCUT2D eigenvalue weighted by Crippen LogP contribution is 2.03. The molecule has 1 aromatic rings. The molecule has 0 amide bonds. The Bertz CT molecular complexity index is 441. The van der Waals surface area contributed by atoms with Crippen LogP contribution in [0.5, 0.6) is 0 Å². The lowest BCUT2D eigenvalue weighted by molar-refractivity contribution is 0.0220. The third kappa shape index (κ3) is 6.58. The van der Waals surface area contributed by atoms with Crippen molar-refractivity contribution in [1.29, 1.82) is 0 Å². The van der Waals surface area contributed by atoms with Crippen molar-refractivity contribution < 1.29 is 4.74 Å². The first-order valence-corrected chi connectivity index (χ1v) is 8.61. The molecule has 0 spiro atoms. The summed E-state index contributed by atoms with van der Waals surface area (Å²) in [4.78, 5) is 7.15. The molecule has 0 radical (unpaired) electrons. The van der Waals surface area contributed by atoms with Crippen LogP contribution in [0.3, 0.4) is 0 Å². The molecule has 1 aliphatic rings. The van der Waals surface area contributed by atoms with Crippen molar-refractivity contribution >= 4 is 5.96 Å². The molecule has 1 aliphatic heterocycles. The molecule has 2 rings (SSSR count). The standard InChI is InChI=1S/C16H30N6O/c1-3-17-16(18-6-4-8-22-9-5-7-20-22)19-14-15(2)21-10-12-23-13-11-21/h5,7,9,15H,3-4,6,8,10-14H2,1-2H3,(H2,17,18,19). The van der Waals surface area contributed by atoms with Gasteiger partial charge in [0.2, 0.25) is 0 Å². The van der Waals surface area contributed by atoms with Crippen molar-refractivity contribution in [2.75, 3.05) is 45.9 Å². The molecule has 0 saturated carbocycles. The smallest absolute Gasteiger partial charge is 0.191 e. The van der Waals surface area contributed by atoms with Gasteiger partial charge in [0.25, 0.3) is 0 Å². The zero-order valence-electron chi connectivity index (χ0n) is 14.4. The molecule has 0 aromatic carbocycles. The van der Waals surface area contributed by atoms with Gasteiger partial charge < -0.3 is 15.4 Å². The van der Waals surface area contributed by atoms with Crippen molar-refractivity contribution in [3.63, 3.8) is 0 Å². The average molecular weight is 322 g/mol. The van der Waals surface area contributed by atoms with Crippen LogP contribution in [0.4, 0.5) is 0 Å². The summed E-state index contributed by atoms with van der Waals surface area (Å²) >= 11 is 0. The maximum atomic E-state index is 5.40. The number of aryl methyl sites for hydroxylation is 1. The van der Waals surface area contributed by atoms with Crippen LogP contribution in [0.25, 0.3) is 0 Å². The van der Waals surface area contributed by atoms with Gasteiger partial charge in [0.05, 0.1) is 19.8 Å². The molecule has 1 aromatic heterocycles. The van der Waals surface area contributed by atoms with Crippen LogP contribution in [0.2, 0.25) is 0 Å². The van der Waals surface area contributed by atoms with E-state index < -0.39 is 0 Å². The third-order valence-electron chi connectivity index (χ3n) is 3.94. The van der Waals surface area contributed by atoms with Gasteiger partial charge in [-0.05, 0) is 26.3 Å². The number of hydrogen-bond donors (Lipinski definition) is 2. The second-order valence-corrected chi connectivity index (χ2v) is 5.77. The predicted molar refractivity (Wildman–Crippen MR) is 92.7 cm³/mol. The summed E-state index contributed by atoms with van der Waals surface area (Å²) < 4.78 is 7.35. The van der Waals surface area contributed by atoms with Gasteiger partial charge in [-0.3, -0.25) is 14.6 Å². The number of aromatic nitrogens is 2. The van der Waals surface area contributed by atoms with Crippen LogP contribution in [0, 0.1) is 0 Å². The van der Waals surface area contributed by atoms with Gasteiger partial charge >= 0.3 is 0 Å². The molecule has 7 heteroatoms. The number of nitrogens with zero attached hydrogens (tertiary/aromatic N) is 4. The van der Waals surface area contributed by atoms with Crippen LogP contribution in [0.1, 0.15) is 20.3 Å². The second kappa shape index (κ2) is 10.2. The summed E-state index contributed by atoms with van der Waals surface area (Å²) in [6, 6.07) is 2.39. The first kappa shape index (κ1) is 17.7. The van der Waals surface area contributed by atoms with Crippen LogP contribution in [0.15, 0.2) is 23.5 Å². The molecule has 2 N–H and O–H groups in total. The maximum absolute atomic E-state index is 5.40. The number of rotatable bonds is 8. The summed E-state index contributed by atoms with van der Waals surface area (Å²) in [5, 5.41) is 10.9. The number of nitrogens with one attached hydrogen (secondary N) is 2. The zero-order chi connectivity index (χ0) is 16.3. The van der Waals surface area contributed by atoms with E-state index in [2.05, 4.69) is 34.5 Å². The van der Waals surface area contributed by atoms with Gasteiger partial charge in [0.15, 0.2) is 5.96 Å². The SMILES string of the molecule is CCNC(=NCC(C)N1CCOCC1)NCCCn1cccn1. The van der Waals surface area contributed by atoms with Gasteiger partial charge in [-0.1, -0.05) is 0 Å². The van der Waals surface area contributed by atoms with E-state index in [1.165, 1.54) is 0 Å². The van der Waals surface area contributed by atoms with E-state index in [1.54, 1.807) is 0 Å². The topological polar surface area (TPSA) is 66.7 Å². The van der Waals surface area contributed by atoms with Gasteiger partial charge in [0, 0.05) is 51.2 Å². The lowest BCUT2D eigenvalue weighted by Crippen LogP contribution is -2.44. The minimum atomic E-state index is 0.443. The molecule has 2 heterocycles. The molecule has 1 atom stereocenters. The highest BCUT2D eigenvalue weighted by molar-refractivity contribution is 5.79. The Kier molecular flexibility index (Phi) is 7.89. The van der Waals surface area contributed by atoms with Crippen LogP contribution in [-0.4, -0.2) is 72.6 Å². The summed E-state index contributed by atoms with van der Waals surface area (Å²) in [5.41, 5.74) is 0. The first-order chi connectivity index (χ1) is 11.3.